The van der Waals surface area contributed by atoms with E-state index in [2.05, 4.69) is 36.8 Å². The van der Waals surface area contributed by atoms with E-state index in [0.717, 1.165) is 39.6 Å². The van der Waals surface area contributed by atoms with E-state index in [1.165, 1.54) is 0 Å². The van der Waals surface area contributed by atoms with Gasteiger partial charge >= 0.3 is 6.03 Å². The lowest BCUT2D eigenvalue weighted by Crippen LogP contribution is -2.43. The fourth-order valence-electron chi connectivity index (χ4n) is 4.47. The van der Waals surface area contributed by atoms with E-state index >= 15 is 0 Å². The Kier molecular flexibility index (Phi) is 7.62. The van der Waals surface area contributed by atoms with E-state index in [0.29, 0.717) is 22.6 Å². The Hall–Kier alpha value is -3.56. The Balaban J connectivity index is 1.43. The van der Waals surface area contributed by atoms with E-state index in [9.17, 15) is 9.59 Å². The molecule has 0 aromatic heterocycles. The molecule has 1 unspecified atom stereocenters. The van der Waals surface area contributed by atoms with Crippen molar-refractivity contribution in [1.82, 2.24) is 4.90 Å². The number of urea groups is 1. The predicted molar refractivity (Wildman–Crippen MR) is 155 cm³/mol. The van der Waals surface area contributed by atoms with Gasteiger partial charge in [-0.2, -0.15) is 0 Å². The van der Waals surface area contributed by atoms with Gasteiger partial charge in [0, 0.05) is 33.8 Å². The highest BCUT2D eigenvalue weighted by Crippen LogP contribution is 2.40. The van der Waals surface area contributed by atoms with Crippen LogP contribution in [0.25, 0.3) is 0 Å². The topological polar surface area (TPSA) is 85.8 Å². The molecular formula is C28H26BrN5O2S. The Morgan fingerprint density at radius 3 is 2.38 bits per heavy atom. The van der Waals surface area contributed by atoms with E-state index in [1.54, 1.807) is 11.8 Å². The number of anilines is 3. The maximum absolute atomic E-state index is 13.6. The van der Waals surface area contributed by atoms with Crippen molar-refractivity contribution in [2.75, 3.05) is 28.2 Å². The first-order valence-corrected chi connectivity index (χ1v) is 13.7. The first-order chi connectivity index (χ1) is 18.0. The van der Waals surface area contributed by atoms with Gasteiger partial charge < -0.3 is 20.9 Å². The summed E-state index contributed by atoms with van der Waals surface area (Å²) in [5.74, 6) is 0.816. The predicted octanol–water partition coefficient (Wildman–Crippen LogP) is 6.86. The average Bonchev–Trinajstić information content (AvgIpc) is 2.88. The molecule has 0 spiro atoms. The summed E-state index contributed by atoms with van der Waals surface area (Å²) >= 11 is 5.13. The molecule has 3 aromatic rings. The lowest BCUT2D eigenvalue weighted by atomic mass is 9.93. The van der Waals surface area contributed by atoms with Gasteiger partial charge in [-0.15, -0.1) is 0 Å². The van der Waals surface area contributed by atoms with Gasteiger partial charge in [0.1, 0.15) is 0 Å². The summed E-state index contributed by atoms with van der Waals surface area (Å²) in [4.78, 5) is 33.3. The monoisotopic (exact) mass is 575 g/mol. The molecule has 0 saturated carbocycles. The minimum Gasteiger partial charge on any atom is -0.340 e. The number of allylic oxidation sites excluding steroid dienone is 1. The van der Waals surface area contributed by atoms with Crippen LogP contribution in [0.3, 0.4) is 0 Å². The Labute approximate surface area is 228 Å². The van der Waals surface area contributed by atoms with Gasteiger partial charge in [-0.25, -0.2) is 9.79 Å². The molecule has 0 radical (unpaired) electrons. The number of aliphatic imine (C=N–C) groups is 1. The van der Waals surface area contributed by atoms with Crippen molar-refractivity contribution in [2.45, 2.75) is 19.4 Å². The normalized spacial score (nSPS) is 17.0. The van der Waals surface area contributed by atoms with Crippen molar-refractivity contribution in [1.29, 1.82) is 0 Å². The number of fused-ring (bicyclic) bond motifs is 1. The van der Waals surface area contributed by atoms with E-state index < -0.39 is 0 Å². The third-order valence-corrected chi connectivity index (χ3v) is 7.65. The molecule has 9 heteroatoms. The van der Waals surface area contributed by atoms with Crippen molar-refractivity contribution in [2.24, 2.45) is 4.99 Å². The van der Waals surface area contributed by atoms with Gasteiger partial charge in [0.2, 0.25) is 0 Å². The van der Waals surface area contributed by atoms with Gasteiger partial charge in [-0.3, -0.25) is 4.79 Å². The molecule has 3 aromatic carbocycles. The van der Waals surface area contributed by atoms with Crippen LogP contribution >= 0.6 is 27.7 Å². The van der Waals surface area contributed by atoms with Crippen molar-refractivity contribution < 1.29 is 9.59 Å². The number of hydrogen-bond donors (Lipinski definition) is 3. The van der Waals surface area contributed by atoms with Crippen molar-refractivity contribution in [3.63, 3.8) is 0 Å². The highest BCUT2D eigenvalue weighted by atomic mass is 79.9. The Morgan fingerprint density at radius 2 is 1.62 bits per heavy atom. The smallest absolute Gasteiger partial charge is 0.323 e. The lowest BCUT2D eigenvalue weighted by Gasteiger charge is -2.41. The second-order valence-corrected chi connectivity index (χ2v) is 10.7. The second kappa shape index (κ2) is 11.2. The summed E-state index contributed by atoms with van der Waals surface area (Å²) in [7, 11) is 0. The number of carbonyl (C=O) groups excluding carboxylic acids is 2. The zero-order valence-corrected chi connectivity index (χ0v) is 22.6. The number of nitrogens with one attached hydrogen (secondary N) is 3. The maximum atomic E-state index is 13.6. The molecule has 2 aliphatic heterocycles. The van der Waals surface area contributed by atoms with Crippen LogP contribution < -0.4 is 16.0 Å². The largest absolute Gasteiger partial charge is 0.340 e. The van der Waals surface area contributed by atoms with Gasteiger partial charge in [0.15, 0.2) is 5.17 Å². The van der Waals surface area contributed by atoms with Gasteiger partial charge in [0.25, 0.3) is 5.91 Å². The van der Waals surface area contributed by atoms with Gasteiger partial charge in [-0.05, 0) is 61.4 Å². The summed E-state index contributed by atoms with van der Waals surface area (Å²) in [6.07, 6.45) is 1.000. The van der Waals surface area contributed by atoms with Crippen LogP contribution in [0.1, 0.15) is 24.9 Å². The average molecular weight is 577 g/mol. The zero-order valence-electron chi connectivity index (χ0n) is 20.2. The number of hydrogen-bond acceptors (Lipinski definition) is 5. The highest BCUT2D eigenvalue weighted by Gasteiger charge is 2.37. The van der Waals surface area contributed by atoms with Crippen LogP contribution in [0.2, 0.25) is 0 Å². The number of halogens is 1. The molecule has 0 aliphatic carbocycles. The molecule has 188 valence electrons. The molecular weight excluding hydrogens is 550 g/mol. The molecule has 7 nitrogen and oxygen atoms in total. The van der Waals surface area contributed by atoms with Crippen LogP contribution in [0.15, 0.2) is 99.6 Å². The fourth-order valence-corrected chi connectivity index (χ4v) is 5.89. The van der Waals surface area contributed by atoms with E-state index in [4.69, 9.17) is 4.99 Å². The standard InChI is InChI=1S/C28H26BrN5O2S/c1-18-24(26(35)31-21-10-3-2-4-11-21)25(34-14-7-15-37-28(34)30-18)19-8-5-12-22(16-19)32-27(36)33-23-13-6-9-20(29)17-23/h2-6,8-13,16-17,25H,7,14-15H2,1H3,(H,31,35)(H2,32,33,36). The molecule has 37 heavy (non-hydrogen) atoms. The number of amidine groups is 1. The third kappa shape index (κ3) is 5.89. The highest BCUT2D eigenvalue weighted by molar-refractivity contribution is 9.10. The summed E-state index contributed by atoms with van der Waals surface area (Å²) in [5.41, 5.74) is 4.26. The summed E-state index contributed by atoms with van der Waals surface area (Å²) in [6, 6.07) is 23.8. The van der Waals surface area contributed by atoms with Crippen molar-refractivity contribution in [3.8, 4) is 0 Å². The first-order valence-electron chi connectivity index (χ1n) is 12.0. The molecule has 3 N–H and O–H groups in total. The number of nitrogens with zero attached hydrogens (tertiary/aromatic N) is 2. The molecule has 1 saturated heterocycles. The molecule has 3 amide bonds. The molecule has 2 aliphatic rings. The summed E-state index contributed by atoms with van der Waals surface area (Å²) in [5, 5.41) is 9.73. The second-order valence-electron chi connectivity index (χ2n) is 8.73. The van der Waals surface area contributed by atoms with Crippen LogP contribution in [0.4, 0.5) is 21.9 Å². The summed E-state index contributed by atoms with van der Waals surface area (Å²) < 4.78 is 0.880. The van der Waals surface area contributed by atoms with Crippen molar-refractivity contribution >= 4 is 61.9 Å². The number of para-hydroxylation sites is 1. The molecule has 1 atom stereocenters. The quantitative estimate of drug-likeness (QED) is 0.310. The lowest BCUT2D eigenvalue weighted by molar-refractivity contribution is -0.113. The molecule has 0 bridgehead atoms. The maximum Gasteiger partial charge on any atom is 0.323 e. The minimum atomic E-state index is -0.344. The van der Waals surface area contributed by atoms with Crippen LogP contribution in [0, 0.1) is 0 Å². The first kappa shape index (κ1) is 25.1. The van der Waals surface area contributed by atoms with Gasteiger partial charge in [0.05, 0.1) is 17.3 Å². The van der Waals surface area contributed by atoms with Crippen molar-refractivity contribution in [3.05, 3.63) is 100 Å². The number of thioether (sulfide) groups is 1. The van der Waals surface area contributed by atoms with Crippen LogP contribution in [-0.2, 0) is 4.79 Å². The number of rotatable bonds is 5. The molecule has 1 fully saturated rings. The van der Waals surface area contributed by atoms with E-state index in [1.807, 2.05) is 85.8 Å². The van der Waals surface area contributed by atoms with Crippen LogP contribution in [0.5, 0.6) is 0 Å². The van der Waals surface area contributed by atoms with Crippen LogP contribution in [-0.4, -0.2) is 34.3 Å². The zero-order chi connectivity index (χ0) is 25.8. The molecule has 5 rings (SSSR count). The minimum absolute atomic E-state index is 0.183. The third-order valence-electron chi connectivity index (χ3n) is 6.08. The Bertz CT molecular complexity index is 1390. The van der Waals surface area contributed by atoms with Gasteiger partial charge in [-0.1, -0.05) is 64.1 Å². The number of carbonyl (C=O) groups is 2. The summed E-state index contributed by atoms with van der Waals surface area (Å²) in [6.45, 7) is 2.69. The molecule has 2 heterocycles. The fraction of sp³-hybridized carbons (Fsp3) is 0.179. The SMILES string of the molecule is CC1=C(C(=O)Nc2ccccc2)C(c2cccc(NC(=O)Nc3cccc(Br)c3)c2)N2CCCSC2=N1. The number of benzene rings is 3. The van der Waals surface area contributed by atoms with E-state index in [-0.39, 0.29) is 18.0 Å². The number of amides is 3. The Morgan fingerprint density at radius 1 is 0.919 bits per heavy atom.